The number of allylic oxidation sites excluding steroid dienone is 1. The van der Waals surface area contributed by atoms with Gasteiger partial charge in [-0.1, -0.05) is 36.4 Å². The molecule has 1 aliphatic carbocycles. The maximum atomic E-state index is 13.5. The van der Waals surface area contributed by atoms with Gasteiger partial charge in [0.05, 0.1) is 11.4 Å². The van der Waals surface area contributed by atoms with Crippen LogP contribution in [0.2, 0.25) is 0 Å². The summed E-state index contributed by atoms with van der Waals surface area (Å²) in [5.74, 6) is 0.116. The van der Waals surface area contributed by atoms with Gasteiger partial charge in [0.25, 0.3) is 5.91 Å². The Morgan fingerprint density at radius 1 is 0.969 bits per heavy atom. The van der Waals surface area contributed by atoms with Gasteiger partial charge < -0.3 is 4.90 Å². The molecule has 6 heteroatoms. The molecule has 3 aliphatic rings. The summed E-state index contributed by atoms with van der Waals surface area (Å²) >= 11 is 0. The number of fused-ring (bicyclic) bond motifs is 2. The number of benzene rings is 2. The van der Waals surface area contributed by atoms with E-state index in [9.17, 15) is 9.59 Å². The van der Waals surface area contributed by atoms with Crippen LogP contribution in [0.3, 0.4) is 0 Å². The number of anilines is 1. The number of para-hydroxylation sites is 1. The highest BCUT2D eigenvalue weighted by molar-refractivity contribution is 6.08. The Balaban J connectivity index is 1.29. The predicted octanol–water partition coefficient (Wildman–Crippen LogP) is 4.82. The lowest BCUT2D eigenvalue weighted by atomic mass is 10.1. The van der Waals surface area contributed by atoms with Crippen molar-refractivity contribution < 1.29 is 9.59 Å². The summed E-state index contributed by atoms with van der Waals surface area (Å²) in [4.78, 5) is 29.7. The first-order valence-electron chi connectivity index (χ1n) is 10.9. The molecule has 3 heterocycles. The van der Waals surface area contributed by atoms with E-state index >= 15 is 0 Å². The van der Waals surface area contributed by atoms with Crippen LogP contribution in [0.4, 0.5) is 5.69 Å². The zero-order valence-corrected chi connectivity index (χ0v) is 17.5. The molecule has 6 rings (SSSR count). The Bertz CT molecular complexity index is 1280. The quantitative estimate of drug-likeness (QED) is 0.607. The molecule has 3 aromatic rings. The van der Waals surface area contributed by atoms with E-state index in [0.29, 0.717) is 5.56 Å². The molecule has 6 nitrogen and oxygen atoms in total. The van der Waals surface area contributed by atoms with Crippen molar-refractivity contribution in [3.63, 3.8) is 0 Å². The Kier molecular flexibility index (Phi) is 4.31. The van der Waals surface area contributed by atoms with Gasteiger partial charge >= 0.3 is 0 Å². The van der Waals surface area contributed by atoms with Crippen LogP contribution < -0.4 is 4.90 Å². The van der Waals surface area contributed by atoms with Crippen molar-refractivity contribution in [1.82, 2.24) is 14.7 Å². The number of hydrogen-bond donors (Lipinski definition) is 0. The normalized spacial score (nSPS) is 16.9. The lowest BCUT2D eigenvalue weighted by Gasteiger charge is -2.20. The van der Waals surface area contributed by atoms with Crippen LogP contribution in [0.5, 0.6) is 0 Å². The van der Waals surface area contributed by atoms with Crippen LogP contribution in [0.1, 0.15) is 40.0 Å². The molecule has 158 valence electrons. The SMILES string of the molecule is O=C(c1ccc(-c2ccn(C(=O)C3CC3)n2)cc1)N1C=C2CC=CN2Cc2ccccc21. The first-order chi connectivity index (χ1) is 15.7. The third-order valence-electron chi connectivity index (χ3n) is 6.24. The van der Waals surface area contributed by atoms with Crippen molar-refractivity contribution in [1.29, 1.82) is 0 Å². The van der Waals surface area contributed by atoms with E-state index in [0.717, 1.165) is 54.0 Å². The summed E-state index contributed by atoms with van der Waals surface area (Å²) in [6.07, 6.45) is 10.6. The highest BCUT2D eigenvalue weighted by Gasteiger charge is 2.31. The van der Waals surface area contributed by atoms with Crippen molar-refractivity contribution in [3.8, 4) is 11.3 Å². The van der Waals surface area contributed by atoms with E-state index in [1.165, 1.54) is 4.68 Å². The summed E-state index contributed by atoms with van der Waals surface area (Å²) in [5.41, 5.74) is 5.35. The zero-order valence-electron chi connectivity index (χ0n) is 17.5. The second kappa shape index (κ2) is 7.34. The van der Waals surface area contributed by atoms with Crippen molar-refractivity contribution in [2.45, 2.75) is 25.8 Å². The summed E-state index contributed by atoms with van der Waals surface area (Å²) in [6, 6.07) is 17.3. The molecule has 1 saturated carbocycles. The van der Waals surface area contributed by atoms with Crippen LogP contribution >= 0.6 is 0 Å². The molecule has 2 aromatic carbocycles. The molecular formula is C26H22N4O2. The number of carbonyl (C=O) groups excluding carboxylic acids is 2. The van der Waals surface area contributed by atoms with E-state index < -0.39 is 0 Å². The number of nitrogens with zero attached hydrogens (tertiary/aromatic N) is 4. The maximum Gasteiger partial charge on any atom is 0.262 e. The molecule has 1 amide bonds. The summed E-state index contributed by atoms with van der Waals surface area (Å²) in [7, 11) is 0. The van der Waals surface area contributed by atoms with E-state index in [1.807, 2.05) is 54.7 Å². The van der Waals surface area contributed by atoms with Crippen LogP contribution in [-0.2, 0) is 6.54 Å². The number of rotatable bonds is 3. The molecule has 2 aliphatic heterocycles. The van der Waals surface area contributed by atoms with Gasteiger partial charge in [0.15, 0.2) is 0 Å². The molecule has 0 radical (unpaired) electrons. The molecule has 32 heavy (non-hydrogen) atoms. The van der Waals surface area contributed by atoms with E-state index in [1.54, 1.807) is 11.1 Å². The third kappa shape index (κ3) is 3.24. The van der Waals surface area contributed by atoms with Crippen LogP contribution in [0, 0.1) is 5.92 Å². The smallest absolute Gasteiger partial charge is 0.262 e. The monoisotopic (exact) mass is 422 g/mol. The van der Waals surface area contributed by atoms with Gasteiger partial charge in [-0.25, -0.2) is 4.68 Å². The molecule has 0 unspecified atom stereocenters. The van der Waals surface area contributed by atoms with Gasteiger partial charge in [-0.3, -0.25) is 14.5 Å². The number of aromatic nitrogens is 2. The van der Waals surface area contributed by atoms with Crippen LogP contribution in [-0.4, -0.2) is 26.5 Å². The molecule has 0 spiro atoms. The largest absolute Gasteiger partial charge is 0.346 e. The second-order valence-corrected chi connectivity index (χ2v) is 8.48. The highest BCUT2D eigenvalue weighted by atomic mass is 16.2. The minimum absolute atomic E-state index is 0.0614. The Hall–Kier alpha value is -3.93. The molecule has 1 fully saturated rings. The molecular weight excluding hydrogens is 400 g/mol. The first kappa shape index (κ1) is 18.8. The van der Waals surface area contributed by atoms with Crippen molar-refractivity contribution in [2.75, 3.05) is 4.90 Å². The third-order valence-corrected chi connectivity index (χ3v) is 6.24. The Morgan fingerprint density at radius 2 is 1.78 bits per heavy atom. The molecule has 0 N–H and O–H groups in total. The molecule has 0 atom stereocenters. The van der Waals surface area contributed by atoms with Gasteiger partial charge in [0, 0.05) is 54.3 Å². The van der Waals surface area contributed by atoms with Gasteiger partial charge in [-0.15, -0.1) is 0 Å². The van der Waals surface area contributed by atoms with Crippen molar-refractivity contribution in [2.24, 2.45) is 5.92 Å². The van der Waals surface area contributed by atoms with E-state index in [2.05, 4.69) is 28.3 Å². The van der Waals surface area contributed by atoms with Crippen molar-refractivity contribution in [3.05, 3.63) is 96.1 Å². The van der Waals surface area contributed by atoms with Gasteiger partial charge in [0.2, 0.25) is 5.91 Å². The standard InChI is InChI=1S/C26H22N4O2/c31-25(29-17-22-5-3-14-28(22)16-21-4-1-2-6-24(21)29)19-9-7-18(8-10-19)23-13-15-30(27-23)26(32)20-11-12-20/h1-4,6-10,13-15,17,20H,5,11-12,16H2. The predicted molar refractivity (Wildman–Crippen MR) is 122 cm³/mol. The Morgan fingerprint density at radius 3 is 2.59 bits per heavy atom. The number of amides is 1. The first-order valence-corrected chi connectivity index (χ1v) is 10.9. The summed E-state index contributed by atoms with van der Waals surface area (Å²) in [5, 5.41) is 4.43. The van der Waals surface area contributed by atoms with Crippen LogP contribution in [0.25, 0.3) is 11.3 Å². The number of carbonyl (C=O) groups is 2. The fraction of sp³-hybridized carbons (Fsp3) is 0.192. The van der Waals surface area contributed by atoms with E-state index in [-0.39, 0.29) is 17.7 Å². The summed E-state index contributed by atoms with van der Waals surface area (Å²) in [6.45, 7) is 0.753. The minimum Gasteiger partial charge on any atom is -0.346 e. The molecule has 0 bridgehead atoms. The maximum absolute atomic E-state index is 13.5. The average molecular weight is 422 g/mol. The number of hydrogen-bond acceptors (Lipinski definition) is 4. The molecule has 0 saturated heterocycles. The average Bonchev–Trinajstić information content (AvgIpc) is 3.45. The highest BCUT2D eigenvalue weighted by Crippen LogP contribution is 2.33. The minimum atomic E-state index is -0.0697. The lowest BCUT2D eigenvalue weighted by Crippen LogP contribution is -2.26. The summed E-state index contributed by atoms with van der Waals surface area (Å²) < 4.78 is 1.44. The Labute approximate surface area is 186 Å². The lowest BCUT2D eigenvalue weighted by molar-refractivity contribution is 0.0870. The fourth-order valence-corrected chi connectivity index (χ4v) is 4.29. The van der Waals surface area contributed by atoms with E-state index in [4.69, 9.17) is 0 Å². The van der Waals surface area contributed by atoms with Crippen molar-refractivity contribution >= 4 is 17.5 Å². The fourth-order valence-electron chi connectivity index (χ4n) is 4.29. The zero-order chi connectivity index (χ0) is 21.7. The van der Waals surface area contributed by atoms with Crippen LogP contribution in [0.15, 0.2) is 85.0 Å². The van der Waals surface area contributed by atoms with Gasteiger partial charge in [0.1, 0.15) is 0 Å². The second-order valence-electron chi connectivity index (χ2n) is 8.48. The van der Waals surface area contributed by atoms with Gasteiger partial charge in [-0.2, -0.15) is 5.10 Å². The van der Waals surface area contributed by atoms with Gasteiger partial charge in [-0.05, 0) is 42.7 Å². The molecule has 1 aromatic heterocycles. The topological polar surface area (TPSA) is 58.4 Å².